The van der Waals surface area contributed by atoms with Gasteiger partial charge in [0.2, 0.25) is 0 Å². The second-order valence-corrected chi connectivity index (χ2v) is 4.77. The summed E-state index contributed by atoms with van der Waals surface area (Å²) in [5.41, 5.74) is -0.153. The molecule has 0 amide bonds. The van der Waals surface area contributed by atoms with Crippen LogP contribution in [0.3, 0.4) is 0 Å². The van der Waals surface area contributed by atoms with Crippen molar-refractivity contribution in [1.82, 2.24) is 4.98 Å². The predicted molar refractivity (Wildman–Crippen MR) is 66.0 cm³/mol. The molecule has 1 rings (SSSR count). The third kappa shape index (κ3) is 3.20. The van der Waals surface area contributed by atoms with Gasteiger partial charge < -0.3 is 5.11 Å². The zero-order valence-electron chi connectivity index (χ0n) is 7.18. The Bertz CT molecular complexity index is 398. The van der Waals surface area contributed by atoms with Crippen molar-refractivity contribution in [1.29, 1.82) is 0 Å². The van der Waals surface area contributed by atoms with Crippen LogP contribution in [0, 0.1) is 7.27 Å². The normalized spacial score (nSPS) is 10.7. The molecule has 1 heterocycles. The molecule has 1 N–H and O–H groups in total. The monoisotopic (exact) mass is 439 g/mol. The maximum atomic E-state index is 12.6. The first-order valence-corrected chi connectivity index (χ1v) is 5.92. The van der Waals surface area contributed by atoms with E-state index in [0.29, 0.717) is 7.27 Å². The van der Waals surface area contributed by atoms with Crippen molar-refractivity contribution in [2.45, 2.75) is 12.8 Å². The zero-order chi connectivity index (χ0) is 11.6. The fraction of sp³-hybridized carbons (Fsp3) is 0.250. The summed E-state index contributed by atoms with van der Waals surface area (Å²) in [6, 6.07) is 0. The summed E-state index contributed by atoms with van der Waals surface area (Å²) < 4.78 is 26.1. The van der Waals surface area contributed by atoms with Gasteiger partial charge in [0.25, 0.3) is 6.43 Å². The number of pyridine rings is 1. The molecular formula is C8H5F2I2NO2. The molecule has 0 spiro atoms. The number of carboxylic acids is 1. The maximum Gasteiger partial charge on any atom is 0.307 e. The Kier molecular flexibility index (Phi) is 4.62. The van der Waals surface area contributed by atoms with Gasteiger partial charge in [0.1, 0.15) is 3.70 Å². The van der Waals surface area contributed by atoms with E-state index in [4.69, 9.17) is 5.11 Å². The van der Waals surface area contributed by atoms with E-state index in [1.165, 1.54) is 0 Å². The highest BCUT2D eigenvalue weighted by Gasteiger charge is 2.19. The summed E-state index contributed by atoms with van der Waals surface area (Å²) in [4.78, 5) is 14.3. The lowest BCUT2D eigenvalue weighted by Gasteiger charge is -2.09. The van der Waals surface area contributed by atoms with Gasteiger partial charge in [-0.05, 0) is 50.7 Å². The van der Waals surface area contributed by atoms with Gasteiger partial charge in [-0.15, -0.1) is 0 Å². The lowest BCUT2D eigenvalue weighted by Crippen LogP contribution is -2.08. The highest BCUT2D eigenvalue weighted by molar-refractivity contribution is 14.1. The largest absolute Gasteiger partial charge is 0.481 e. The summed E-state index contributed by atoms with van der Waals surface area (Å²) in [7, 11) is 0. The Hall–Kier alpha value is -0.0600. The van der Waals surface area contributed by atoms with E-state index in [-0.39, 0.29) is 11.1 Å². The van der Waals surface area contributed by atoms with Crippen LogP contribution in [0.2, 0.25) is 0 Å². The van der Waals surface area contributed by atoms with Gasteiger partial charge in [-0.3, -0.25) is 4.79 Å². The van der Waals surface area contributed by atoms with Gasteiger partial charge in [-0.1, -0.05) is 0 Å². The maximum absolute atomic E-state index is 12.6. The number of rotatable bonds is 3. The SMILES string of the molecule is O=C(O)Cc1c(C(F)F)cnc(I)c1I. The fourth-order valence-electron chi connectivity index (χ4n) is 1.03. The number of nitrogens with zero attached hydrogens (tertiary/aromatic N) is 1. The van der Waals surface area contributed by atoms with Crippen molar-refractivity contribution < 1.29 is 18.7 Å². The lowest BCUT2D eigenvalue weighted by atomic mass is 10.1. The third-order valence-corrected chi connectivity index (χ3v) is 4.69. The second-order valence-electron chi connectivity index (χ2n) is 2.67. The third-order valence-electron chi connectivity index (χ3n) is 1.67. The van der Waals surface area contributed by atoms with Gasteiger partial charge in [0.05, 0.1) is 6.42 Å². The molecular weight excluding hydrogens is 434 g/mol. The Morgan fingerprint density at radius 3 is 2.60 bits per heavy atom. The molecule has 0 aliphatic rings. The summed E-state index contributed by atoms with van der Waals surface area (Å²) in [5.74, 6) is -1.13. The van der Waals surface area contributed by atoms with Crippen molar-refractivity contribution >= 4 is 51.2 Å². The highest BCUT2D eigenvalue weighted by Crippen LogP contribution is 2.28. The van der Waals surface area contributed by atoms with Gasteiger partial charge in [-0.2, -0.15) is 0 Å². The van der Waals surface area contributed by atoms with Crippen molar-refractivity contribution in [2.75, 3.05) is 0 Å². The predicted octanol–water partition coefficient (Wildman–Crippen LogP) is 2.86. The molecule has 3 nitrogen and oxygen atoms in total. The van der Waals surface area contributed by atoms with Crippen LogP contribution in [0.5, 0.6) is 0 Å². The molecule has 0 fully saturated rings. The minimum atomic E-state index is -2.70. The van der Waals surface area contributed by atoms with Crippen LogP contribution in [-0.2, 0) is 11.2 Å². The number of aliphatic carboxylic acids is 1. The minimum Gasteiger partial charge on any atom is -0.481 e. The molecule has 0 aliphatic carbocycles. The first kappa shape index (κ1) is 13.0. The molecule has 0 saturated heterocycles. The zero-order valence-corrected chi connectivity index (χ0v) is 11.5. The van der Waals surface area contributed by atoms with Crippen molar-refractivity contribution in [3.05, 3.63) is 24.6 Å². The Balaban J connectivity index is 3.28. The number of hydrogen-bond acceptors (Lipinski definition) is 2. The first-order chi connectivity index (χ1) is 6.93. The Morgan fingerprint density at radius 2 is 2.13 bits per heavy atom. The van der Waals surface area contributed by atoms with Crippen LogP contribution in [0.1, 0.15) is 17.6 Å². The molecule has 0 aromatic carbocycles. The highest BCUT2D eigenvalue weighted by atomic mass is 127. The summed E-state index contributed by atoms with van der Waals surface area (Å²) in [5, 5.41) is 8.62. The van der Waals surface area contributed by atoms with Crippen LogP contribution in [-0.4, -0.2) is 16.1 Å². The van der Waals surface area contributed by atoms with E-state index in [1.807, 2.05) is 45.2 Å². The Labute approximate surface area is 112 Å². The van der Waals surface area contributed by atoms with E-state index >= 15 is 0 Å². The number of carbonyl (C=O) groups is 1. The van der Waals surface area contributed by atoms with Gasteiger partial charge in [0.15, 0.2) is 0 Å². The molecule has 0 radical (unpaired) electrons. The number of carboxylic acid groups (broad SMARTS) is 1. The van der Waals surface area contributed by atoms with Gasteiger partial charge >= 0.3 is 5.97 Å². The van der Waals surface area contributed by atoms with E-state index in [2.05, 4.69) is 4.98 Å². The summed E-state index contributed by atoms with van der Waals surface area (Å²) >= 11 is 3.71. The molecule has 0 atom stereocenters. The van der Waals surface area contributed by atoms with Crippen LogP contribution in [0.4, 0.5) is 8.78 Å². The van der Waals surface area contributed by atoms with E-state index < -0.39 is 18.8 Å². The minimum absolute atomic E-state index is 0.150. The van der Waals surface area contributed by atoms with Crippen LogP contribution in [0.25, 0.3) is 0 Å². The second kappa shape index (κ2) is 5.32. The number of hydrogen-bond donors (Lipinski definition) is 1. The lowest BCUT2D eigenvalue weighted by molar-refractivity contribution is -0.136. The molecule has 1 aromatic rings. The molecule has 0 bridgehead atoms. The van der Waals surface area contributed by atoms with Crippen molar-refractivity contribution in [3.8, 4) is 0 Å². The van der Waals surface area contributed by atoms with Crippen molar-refractivity contribution in [2.24, 2.45) is 0 Å². The van der Waals surface area contributed by atoms with Crippen molar-refractivity contribution in [3.63, 3.8) is 0 Å². The van der Waals surface area contributed by atoms with E-state index in [0.717, 1.165) is 6.20 Å². The molecule has 0 aliphatic heterocycles. The number of aromatic nitrogens is 1. The van der Waals surface area contributed by atoms with Gasteiger partial charge in [-0.25, -0.2) is 13.8 Å². The molecule has 0 unspecified atom stereocenters. The summed E-state index contributed by atoms with van der Waals surface area (Å²) in [6.07, 6.45) is -2.07. The Morgan fingerprint density at radius 1 is 1.53 bits per heavy atom. The average Bonchev–Trinajstić information content (AvgIpc) is 2.12. The topological polar surface area (TPSA) is 50.2 Å². The fourth-order valence-corrected chi connectivity index (χ4v) is 2.14. The molecule has 7 heteroatoms. The van der Waals surface area contributed by atoms with Crippen LogP contribution < -0.4 is 0 Å². The smallest absolute Gasteiger partial charge is 0.307 e. The molecule has 1 aromatic heterocycles. The molecule has 0 saturated carbocycles. The quantitative estimate of drug-likeness (QED) is 0.583. The van der Waals surface area contributed by atoms with E-state index in [1.54, 1.807) is 0 Å². The summed E-state index contributed by atoms with van der Waals surface area (Å²) in [6.45, 7) is 0. The molecule has 82 valence electrons. The standard InChI is InChI=1S/C8H5F2I2NO2/c9-7(10)4-2-13-8(12)6(11)3(4)1-5(14)15/h2,7H,1H2,(H,14,15). The van der Waals surface area contributed by atoms with E-state index in [9.17, 15) is 13.6 Å². The van der Waals surface area contributed by atoms with Crippen LogP contribution in [0.15, 0.2) is 6.20 Å². The van der Waals surface area contributed by atoms with Crippen LogP contribution >= 0.6 is 45.2 Å². The molecule has 15 heavy (non-hydrogen) atoms. The van der Waals surface area contributed by atoms with Gasteiger partial charge in [0, 0.05) is 15.3 Å². The average molecular weight is 439 g/mol. The number of alkyl halides is 2. The first-order valence-electron chi connectivity index (χ1n) is 3.76. The number of halogens is 4.